The van der Waals surface area contributed by atoms with Gasteiger partial charge in [0.25, 0.3) is 0 Å². The lowest BCUT2D eigenvalue weighted by molar-refractivity contribution is 0.390. The van der Waals surface area contributed by atoms with E-state index in [1.54, 1.807) is 38.1 Å². The predicted molar refractivity (Wildman–Crippen MR) is 80.4 cm³/mol. The van der Waals surface area contributed by atoms with Gasteiger partial charge in [-0.3, -0.25) is 0 Å². The molecular weight excluding hydrogens is 320 g/mol. The van der Waals surface area contributed by atoms with Crippen molar-refractivity contribution in [1.29, 1.82) is 0 Å². The first-order valence-electron chi connectivity index (χ1n) is 6.98. The van der Waals surface area contributed by atoms with Gasteiger partial charge in [-0.15, -0.1) is 0 Å². The first-order chi connectivity index (χ1) is 11.0. The highest BCUT2D eigenvalue weighted by atomic mass is 32.2. The molecule has 3 aromatic heterocycles. The lowest BCUT2D eigenvalue weighted by Gasteiger charge is -2.13. The Hall–Kier alpha value is -2.32. The van der Waals surface area contributed by atoms with Crippen LogP contribution in [0, 0.1) is 13.8 Å². The number of hydrogen-bond donors (Lipinski definition) is 1. The van der Waals surface area contributed by atoms with Gasteiger partial charge in [0.15, 0.2) is 5.76 Å². The number of furan rings is 2. The molecule has 0 aliphatic carbocycles. The van der Waals surface area contributed by atoms with Crippen molar-refractivity contribution in [3.63, 3.8) is 0 Å². The Kier molecular flexibility index (Phi) is 4.10. The second-order valence-corrected chi connectivity index (χ2v) is 6.79. The van der Waals surface area contributed by atoms with E-state index in [9.17, 15) is 8.42 Å². The van der Waals surface area contributed by atoms with Crippen molar-refractivity contribution in [2.45, 2.75) is 24.7 Å². The molecule has 3 heterocycles. The topological polar surface area (TPSA) is 98.5 Å². The van der Waals surface area contributed by atoms with Gasteiger partial charge in [0, 0.05) is 6.54 Å². The molecule has 122 valence electrons. The van der Waals surface area contributed by atoms with Crippen LogP contribution >= 0.6 is 0 Å². The number of aryl methyl sites for hydroxylation is 2. The Morgan fingerprint density at radius 2 is 1.74 bits per heavy atom. The summed E-state index contributed by atoms with van der Waals surface area (Å²) in [7, 11) is -3.75. The Balaban J connectivity index is 1.85. The maximum Gasteiger partial charge on any atom is 0.246 e. The van der Waals surface area contributed by atoms with Crippen LogP contribution < -0.4 is 4.72 Å². The second kappa shape index (κ2) is 6.05. The largest absolute Gasteiger partial charge is 0.469 e. The Labute approximate surface area is 133 Å². The van der Waals surface area contributed by atoms with Crippen LogP contribution in [0.25, 0.3) is 0 Å². The first kappa shape index (κ1) is 15.6. The minimum absolute atomic E-state index is 0.0649. The zero-order valence-electron chi connectivity index (χ0n) is 12.6. The molecule has 0 spiro atoms. The second-order valence-electron chi connectivity index (χ2n) is 5.09. The minimum atomic E-state index is -3.75. The van der Waals surface area contributed by atoms with Gasteiger partial charge in [-0.05, 0) is 38.1 Å². The van der Waals surface area contributed by atoms with Gasteiger partial charge >= 0.3 is 0 Å². The molecule has 7 nitrogen and oxygen atoms in total. The van der Waals surface area contributed by atoms with Gasteiger partial charge in [-0.2, -0.15) is 0 Å². The van der Waals surface area contributed by atoms with E-state index in [1.165, 1.54) is 12.5 Å². The van der Waals surface area contributed by atoms with Crippen molar-refractivity contribution in [2.75, 3.05) is 6.54 Å². The fourth-order valence-corrected chi connectivity index (χ4v) is 3.82. The standard InChI is InChI=1S/C15H16N2O5S/c1-10-15(11(2)22-17-10)23(18,19)16-9-12(13-5-3-7-20-13)14-6-4-8-21-14/h3-8,12,16H,9H2,1-2H3. The third-order valence-corrected chi connectivity index (χ3v) is 5.15. The molecule has 0 aliphatic rings. The highest BCUT2D eigenvalue weighted by Crippen LogP contribution is 2.26. The SMILES string of the molecule is Cc1noc(C)c1S(=O)(=O)NCC(c1ccco1)c1ccco1. The molecule has 0 saturated carbocycles. The number of nitrogens with one attached hydrogen (secondary N) is 1. The molecule has 0 bridgehead atoms. The Morgan fingerprint density at radius 1 is 1.13 bits per heavy atom. The van der Waals surface area contributed by atoms with Crippen LogP contribution in [-0.4, -0.2) is 20.1 Å². The van der Waals surface area contributed by atoms with Crippen LogP contribution in [0.2, 0.25) is 0 Å². The summed E-state index contributed by atoms with van der Waals surface area (Å²) in [5.41, 5.74) is 0.322. The zero-order chi connectivity index (χ0) is 16.4. The summed E-state index contributed by atoms with van der Waals surface area (Å²) in [5, 5.41) is 3.68. The monoisotopic (exact) mass is 336 g/mol. The van der Waals surface area contributed by atoms with Gasteiger partial charge in [-0.1, -0.05) is 5.16 Å². The lowest BCUT2D eigenvalue weighted by atomic mass is 10.0. The summed E-state index contributed by atoms with van der Waals surface area (Å²) in [5.74, 6) is 1.11. The minimum Gasteiger partial charge on any atom is -0.469 e. The summed E-state index contributed by atoms with van der Waals surface area (Å²) >= 11 is 0. The molecule has 0 aliphatic heterocycles. The van der Waals surface area contributed by atoms with Crippen molar-refractivity contribution in [2.24, 2.45) is 0 Å². The molecule has 0 fully saturated rings. The van der Waals surface area contributed by atoms with E-state index in [0.29, 0.717) is 17.2 Å². The normalized spacial score (nSPS) is 12.1. The van der Waals surface area contributed by atoms with Gasteiger partial charge in [0.05, 0.1) is 18.4 Å². The molecule has 8 heteroatoms. The summed E-state index contributed by atoms with van der Waals surface area (Å²) in [6.45, 7) is 3.24. The van der Waals surface area contributed by atoms with E-state index in [1.807, 2.05) is 0 Å². The molecule has 0 radical (unpaired) electrons. The summed E-state index contributed by atoms with van der Waals surface area (Å²) in [6, 6.07) is 7.04. The predicted octanol–water partition coefficient (Wildman–Crippen LogP) is 2.59. The van der Waals surface area contributed by atoms with Gasteiger partial charge < -0.3 is 13.4 Å². The van der Waals surface area contributed by atoms with E-state index < -0.39 is 10.0 Å². The fourth-order valence-electron chi connectivity index (χ4n) is 2.44. The Bertz CT molecular complexity index is 810. The van der Waals surface area contributed by atoms with Crippen molar-refractivity contribution >= 4 is 10.0 Å². The number of hydrogen-bond acceptors (Lipinski definition) is 6. The van der Waals surface area contributed by atoms with E-state index in [0.717, 1.165) is 0 Å². The van der Waals surface area contributed by atoms with Crippen LogP contribution in [-0.2, 0) is 10.0 Å². The highest BCUT2D eigenvalue weighted by Gasteiger charge is 2.27. The van der Waals surface area contributed by atoms with Crippen LogP contribution in [0.3, 0.4) is 0 Å². The lowest BCUT2D eigenvalue weighted by Crippen LogP contribution is -2.29. The molecule has 23 heavy (non-hydrogen) atoms. The van der Waals surface area contributed by atoms with Crippen molar-refractivity contribution in [3.8, 4) is 0 Å². The van der Waals surface area contributed by atoms with Crippen LogP contribution in [0.5, 0.6) is 0 Å². The van der Waals surface area contributed by atoms with Crippen LogP contribution in [0.4, 0.5) is 0 Å². The maximum absolute atomic E-state index is 12.5. The molecule has 3 aromatic rings. The summed E-state index contributed by atoms with van der Waals surface area (Å²) in [4.78, 5) is 0.0649. The molecular formula is C15H16N2O5S. The number of aromatic nitrogens is 1. The molecule has 3 rings (SSSR count). The number of nitrogens with zero attached hydrogens (tertiary/aromatic N) is 1. The van der Waals surface area contributed by atoms with Crippen molar-refractivity contribution in [3.05, 3.63) is 59.8 Å². The van der Waals surface area contributed by atoms with Crippen LogP contribution in [0.15, 0.2) is 55.0 Å². The van der Waals surface area contributed by atoms with E-state index in [2.05, 4.69) is 9.88 Å². The quantitative estimate of drug-likeness (QED) is 0.743. The third kappa shape index (κ3) is 3.08. The fraction of sp³-hybridized carbons (Fsp3) is 0.267. The van der Waals surface area contributed by atoms with Crippen molar-refractivity contribution < 1.29 is 21.8 Å². The van der Waals surface area contributed by atoms with Gasteiger partial charge in [-0.25, -0.2) is 13.1 Å². The number of rotatable bonds is 6. The van der Waals surface area contributed by atoms with Crippen LogP contribution in [0.1, 0.15) is 28.9 Å². The first-order valence-corrected chi connectivity index (χ1v) is 8.46. The zero-order valence-corrected chi connectivity index (χ0v) is 13.5. The molecule has 0 saturated heterocycles. The highest BCUT2D eigenvalue weighted by molar-refractivity contribution is 7.89. The summed E-state index contributed by atoms with van der Waals surface area (Å²) in [6.07, 6.45) is 3.07. The average molecular weight is 336 g/mol. The molecule has 0 atom stereocenters. The summed E-state index contributed by atoms with van der Waals surface area (Å²) < 4.78 is 43.3. The van der Waals surface area contributed by atoms with E-state index in [-0.39, 0.29) is 23.1 Å². The average Bonchev–Trinajstić information content (AvgIpc) is 3.22. The maximum atomic E-state index is 12.5. The molecule has 1 N–H and O–H groups in total. The van der Waals surface area contributed by atoms with E-state index >= 15 is 0 Å². The van der Waals surface area contributed by atoms with Gasteiger partial charge in [0.1, 0.15) is 22.1 Å². The van der Waals surface area contributed by atoms with E-state index in [4.69, 9.17) is 13.4 Å². The smallest absolute Gasteiger partial charge is 0.246 e. The van der Waals surface area contributed by atoms with Gasteiger partial charge in [0.2, 0.25) is 10.0 Å². The molecule has 0 amide bonds. The van der Waals surface area contributed by atoms with Crippen molar-refractivity contribution in [1.82, 2.24) is 9.88 Å². The Morgan fingerprint density at radius 3 is 2.17 bits per heavy atom. The molecule has 0 aromatic carbocycles. The number of sulfonamides is 1. The third-order valence-electron chi connectivity index (χ3n) is 3.49. The molecule has 0 unspecified atom stereocenters.